The predicted octanol–water partition coefficient (Wildman–Crippen LogP) is 3.27. The second-order valence-corrected chi connectivity index (χ2v) is 9.37. The maximum absolute atomic E-state index is 12.5. The second-order valence-electron chi connectivity index (χ2n) is 8.43. The van der Waals surface area contributed by atoms with Gasteiger partial charge in [0.1, 0.15) is 0 Å². The molecule has 2 aromatic heterocycles. The van der Waals surface area contributed by atoms with Gasteiger partial charge in [0.05, 0.1) is 12.0 Å². The number of nitrogens with one attached hydrogen (secondary N) is 2. The Balaban J connectivity index is 1.20. The summed E-state index contributed by atoms with van der Waals surface area (Å²) in [6.45, 7) is 4.05. The average Bonchev–Trinajstić information content (AvgIpc) is 3.48. The third-order valence-corrected chi connectivity index (χ3v) is 7.15. The molecule has 2 N–H and O–H groups in total. The number of likely N-dealkylation sites (tertiary alicyclic amines) is 1. The van der Waals surface area contributed by atoms with Crippen molar-refractivity contribution in [2.75, 3.05) is 18.8 Å². The van der Waals surface area contributed by atoms with Crippen molar-refractivity contribution in [2.24, 2.45) is 0 Å². The highest BCUT2D eigenvalue weighted by atomic mass is 32.2. The van der Waals surface area contributed by atoms with Gasteiger partial charge in [0.2, 0.25) is 5.91 Å². The minimum atomic E-state index is -0.0229. The molecule has 1 saturated carbocycles. The van der Waals surface area contributed by atoms with Gasteiger partial charge in [-0.3, -0.25) is 9.36 Å². The summed E-state index contributed by atoms with van der Waals surface area (Å²) >= 11 is 1.37. The van der Waals surface area contributed by atoms with E-state index in [0.717, 1.165) is 25.7 Å². The summed E-state index contributed by atoms with van der Waals surface area (Å²) in [5.41, 5.74) is 0. The van der Waals surface area contributed by atoms with Crippen LogP contribution >= 0.6 is 11.8 Å². The molecule has 0 radical (unpaired) electrons. The zero-order valence-corrected chi connectivity index (χ0v) is 19.4. The monoisotopic (exact) mass is 460 g/mol. The van der Waals surface area contributed by atoms with Crippen molar-refractivity contribution in [2.45, 2.75) is 75.7 Å². The summed E-state index contributed by atoms with van der Waals surface area (Å²) in [4.78, 5) is 26.9. The van der Waals surface area contributed by atoms with E-state index in [4.69, 9.17) is 4.42 Å². The van der Waals surface area contributed by atoms with Gasteiger partial charge in [-0.1, -0.05) is 31.0 Å². The van der Waals surface area contributed by atoms with Gasteiger partial charge in [-0.25, -0.2) is 4.79 Å². The Morgan fingerprint density at radius 3 is 2.53 bits per heavy atom. The molecular weight excluding hydrogens is 428 g/mol. The molecule has 1 saturated heterocycles. The standard InChI is InChI=1S/C22H32N6O3S/c1-2-28-20(18-9-6-14-31-18)25-26-22(28)32-15-19(29)23-17-10-12-27(13-11-17)21(30)24-16-7-4-3-5-8-16/h6,9,14,16-17H,2-5,7-8,10-13,15H2,1H3,(H,23,29)(H,24,30). The first kappa shape index (κ1) is 22.7. The van der Waals surface area contributed by atoms with Crippen LogP contribution in [0.3, 0.4) is 0 Å². The van der Waals surface area contributed by atoms with Gasteiger partial charge >= 0.3 is 6.03 Å². The molecule has 0 bridgehead atoms. The SMILES string of the molecule is CCn1c(SCC(=O)NC2CCN(C(=O)NC3CCCCC3)CC2)nnc1-c1ccco1. The third kappa shape index (κ3) is 5.65. The Morgan fingerprint density at radius 1 is 1.09 bits per heavy atom. The molecule has 2 fully saturated rings. The van der Waals surface area contributed by atoms with Gasteiger partial charge in [0.25, 0.3) is 0 Å². The number of thioether (sulfide) groups is 1. The summed E-state index contributed by atoms with van der Waals surface area (Å²) in [5.74, 6) is 1.58. The number of hydrogen-bond acceptors (Lipinski definition) is 6. The molecule has 0 aromatic carbocycles. The van der Waals surface area contributed by atoms with Crippen LogP contribution in [0.1, 0.15) is 51.9 Å². The van der Waals surface area contributed by atoms with Crippen molar-refractivity contribution in [3.05, 3.63) is 18.4 Å². The lowest BCUT2D eigenvalue weighted by atomic mass is 9.95. The molecule has 1 aliphatic heterocycles. The average molecular weight is 461 g/mol. The van der Waals surface area contributed by atoms with Crippen molar-refractivity contribution in [1.82, 2.24) is 30.3 Å². The van der Waals surface area contributed by atoms with E-state index in [1.807, 2.05) is 28.5 Å². The lowest BCUT2D eigenvalue weighted by Gasteiger charge is -2.34. The number of carbonyl (C=O) groups is 2. The van der Waals surface area contributed by atoms with Gasteiger partial charge in [-0.05, 0) is 44.7 Å². The fourth-order valence-corrected chi connectivity index (χ4v) is 5.22. The highest BCUT2D eigenvalue weighted by Crippen LogP contribution is 2.24. The van der Waals surface area contributed by atoms with Gasteiger partial charge in [-0.2, -0.15) is 0 Å². The highest BCUT2D eigenvalue weighted by Gasteiger charge is 2.26. The number of piperidine rings is 1. The molecule has 174 valence electrons. The van der Waals surface area contributed by atoms with Crippen LogP contribution in [0.15, 0.2) is 28.0 Å². The van der Waals surface area contributed by atoms with E-state index < -0.39 is 0 Å². The molecular formula is C22H32N6O3S. The second kappa shape index (κ2) is 10.9. The van der Waals surface area contributed by atoms with Crippen LogP contribution < -0.4 is 10.6 Å². The van der Waals surface area contributed by atoms with Crippen LogP contribution in [0.2, 0.25) is 0 Å². The smallest absolute Gasteiger partial charge is 0.317 e. The molecule has 2 aromatic rings. The number of carbonyl (C=O) groups excluding carboxylic acids is 2. The summed E-state index contributed by atoms with van der Waals surface area (Å²) in [6, 6.07) is 4.13. The van der Waals surface area contributed by atoms with Gasteiger partial charge < -0.3 is 20.0 Å². The predicted molar refractivity (Wildman–Crippen MR) is 122 cm³/mol. The van der Waals surface area contributed by atoms with Crippen LogP contribution in [-0.4, -0.2) is 62.5 Å². The van der Waals surface area contributed by atoms with E-state index in [1.165, 1.54) is 31.0 Å². The molecule has 2 aliphatic rings. The van der Waals surface area contributed by atoms with Crippen molar-refractivity contribution in [1.29, 1.82) is 0 Å². The van der Waals surface area contributed by atoms with Crippen LogP contribution in [0.25, 0.3) is 11.6 Å². The number of amides is 3. The summed E-state index contributed by atoms with van der Waals surface area (Å²) in [7, 11) is 0. The van der Waals surface area contributed by atoms with E-state index >= 15 is 0 Å². The number of furan rings is 1. The molecule has 9 nitrogen and oxygen atoms in total. The Labute approximate surface area is 192 Å². The van der Waals surface area contributed by atoms with Crippen LogP contribution in [0.4, 0.5) is 4.79 Å². The van der Waals surface area contributed by atoms with Crippen LogP contribution in [0, 0.1) is 0 Å². The maximum atomic E-state index is 12.5. The van der Waals surface area contributed by atoms with E-state index in [1.54, 1.807) is 6.26 Å². The summed E-state index contributed by atoms with van der Waals surface area (Å²) in [6.07, 6.45) is 9.03. The number of urea groups is 1. The molecule has 32 heavy (non-hydrogen) atoms. The Bertz CT molecular complexity index is 886. The summed E-state index contributed by atoms with van der Waals surface area (Å²) < 4.78 is 7.37. The van der Waals surface area contributed by atoms with Crippen LogP contribution in [-0.2, 0) is 11.3 Å². The molecule has 0 unspecified atom stereocenters. The first-order chi connectivity index (χ1) is 15.6. The molecule has 1 aliphatic carbocycles. The van der Waals surface area contributed by atoms with E-state index in [9.17, 15) is 9.59 Å². The topological polar surface area (TPSA) is 105 Å². The van der Waals surface area contributed by atoms with Gasteiger partial charge in [0.15, 0.2) is 16.7 Å². The van der Waals surface area contributed by atoms with Crippen LogP contribution in [0.5, 0.6) is 0 Å². The van der Waals surface area contributed by atoms with Crippen molar-refractivity contribution < 1.29 is 14.0 Å². The Hall–Kier alpha value is -2.49. The van der Waals surface area contributed by atoms with Crippen molar-refractivity contribution in [3.63, 3.8) is 0 Å². The Kier molecular flexibility index (Phi) is 7.72. The zero-order chi connectivity index (χ0) is 22.3. The molecule has 0 atom stereocenters. The van der Waals surface area contributed by atoms with E-state index in [0.29, 0.717) is 42.4 Å². The van der Waals surface area contributed by atoms with Gasteiger partial charge in [-0.15, -0.1) is 10.2 Å². The summed E-state index contributed by atoms with van der Waals surface area (Å²) in [5, 5.41) is 15.4. The molecule has 3 amide bonds. The first-order valence-corrected chi connectivity index (χ1v) is 12.6. The van der Waals surface area contributed by atoms with Crippen molar-refractivity contribution in [3.8, 4) is 11.6 Å². The number of hydrogen-bond donors (Lipinski definition) is 2. The molecule has 10 heteroatoms. The number of nitrogens with zero attached hydrogens (tertiary/aromatic N) is 4. The normalized spacial score (nSPS) is 18.0. The first-order valence-electron chi connectivity index (χ1n) is 11.6. The molecule has 0 spiro atoms. The quantitative estimate of drug-likeness (QED) is 0.615. The zero-order valence-electron chi connectivity index (χ0n) is 18.6. The molecule has 3 heterocycles. The van der Waals surface area contributed by atoms with Gasteiger partial charge in [0, 0.05) is 31.7 Å². The molecule has 4 rings (SSSR count). The maximum Gasteiger partial charge on any atom is 0.317 e. The minimum Gasteiger partial charge on any atom is -0.461 e. The van der Waals surface area contributed by atoms with Crippen molar-refractivity contribution >= 4 is 23.7 Å². The lowest BCUT2D eigenvalue weighted by Crippen LogP contribution is -2.51. The lowest BCUT2D eigenvalue weighted by molar-refractivity contribution is -0.119. The van der Waals surface area contributed by atoms with E-state index in [2.05, 4.69) is 20.8 Å². The Morgan fingerprint density at radius 2 is 1.84 bits per heavy atom. The fraction of sp³-hybridized carbons (Fsp3) is 0.636. The number of rotatable bonds is 7. The third-order valence-electron chi connectivity index (χ3n) is 6.19. The minimum absolute atomic E-state index is 0.0229. The van der Waals surface area contributed by atoms with E-state index in [-0.39, 0.29) is 23.7 Å². The largest absolute Gasteiger partial charge is 0.461 e. The fourth-order valence-electron chi connectivity index (χ4n) is 4.41. The number of aromatic nitrogens is 3. The highest BCUT2D eigenvalue weighted by molar-refractivity contribution is 7.99.